The minimum atomic E-state index is -0.160. The summed E-state index contributed by atoms with van der Waals surface area (Å²) in [5, 5.41) is 13.0. The molecule has 0 radical (unpaired) electrons. The number of unbranched alkanes of at least 4 members (excludes halogenated alkanes) is 4. The fraction of sp³-hybridized carbons (Fsp3) is 1.00. The van der Waals surface area contributed by atoms with Crippen molar-refractivity contribution in [2.24, 2.45) is 0 Å². The van der Waals surface area contributed by atoms with Crippen molar-refractivity contribution in [1.82, 2.24) is 5.32 Å². The maximum Gasteiger partial charge on any atom is 0.0664 e. The summed E-state index contributed by atoms with van der Waals surface area (Å²) in [6, 6.07) is 0.549. The second-order valence-electron chi connectivity index (χ2n) is 4.95. The van der Waals surface area contributed by atoms with E-state index in [1.165, 1.54) is 38.5 Å². The first-order valence-electron chi connectivity index (χ1n) is 7.12. The van der Waals surface area contributed by atoms with Crippen LogP contribution >= 0.6 is 0 Å². The zero-order valence-electron chi connectivity index (χ0n) is 11.5. The average molecular weight is 229 g/mol. The molecular formula is C14H31NO. The zero-order chi connectivity index (χ0) is 12.2. The summed E-state index contributed by atoms with van der Waals surface area (Å²) in [6.07, 6.45) is 9.80. The number of aliphatic hydroxyl groups excluding tert-OH is 1. The van der Waals surface area contributed by atoms with Crippen molar-refractivity contribution < 1.29 is 5.11 Å². The highest BCUT2D eigenvalue weighted by Gasteiger charge is 2.05. The van der Waals surface area contributed by atoms with Crippen molar-refractivity contribution in [3.8, 4) is 0 Å². The van der Waals surface area contributed by atoms with Crippen LogP contribution in [0.15, 0.2) is 0 Å². The fourth-order valence-corrected chi connectivity index (χ4v) is 1.93. The van der Waals surface area contributed by atoms with Crippen molar-refractivity contribution >= 4 is 0 Å². The Morgan fingerprint density at radius 2 is 1.62 bits per heavy atom. The van der Waals surface area contributed by atoms with Gasteiger partial charge < -0.3 is 10.4 Å². The van der Waals surface area contributed by atoms with Crippen LogP contribution in [0, 0.1) is 0 Å². The lowest BCUT2D eigenvalue weighted by Crippen LogP contribution is -2.33. The highest BCUT2D eigenvalue weighted by atomic mass is 16.3. The first-order valence-corrected chi connectivity index (χ1v) is 7.12. The molecule has 0 aromatic heterocycles. The SMILES string of the molecule is CCCCCCCC(C)NCC(O)CCC. The molecule has 0 rings (SSSR count). The van der Waals surface area contributed by atoms with Gasteiger partial charge in [0.15, 0.2) is 0 Å². The van der Waals surface area contributed by atoms with Crippen molar-refractivity contribution in [2.45, 2.75) is 84.3 Å². The molecule has 0 amide bonds. The lowest BCUT2D eigenvalue weighted by molar-refractivity contribution is 0.156. The Labute approximate surface area is 102 Å². The summed E-state index contributed by atoms with van der Waals surface area (Å²) < 4.78 is 0. The van der Waals surface area contributed by atoms with Crippen molar-refractivity contribution in [3.63, 3.8) is 0 Å². The molecule has 2 nitrogen and oxygen atoms in total. The van der Waals surface area contributed by atoms with Gasteiger partial charge in [-0.15, -0.1) is 0 Å². The monoisotopic (exact) mass is 229 g/mol. The highest BCUT2D eigenvalue weighted by Crippen LogP contribution is 2.07. The molecule has 0 aliphatic carbocycles. The van der Waals surface area contributed by atoms with Gasteiger partial charge in [0.1, 0.15) is 0 Å². The summed E-state index contributed by atoms with van der Waals surface area (Å²) >= 11 is 0. The van der Waals surface area contributed by atoms with Gasteiger partial charge in [0.05, 0.1) is 6.10 Å². The molecule has 0 bridgehead atoms. The third kappa shape index (κ3) is 10.4. The number of rotatable bonds is 11. The van der Waals surface area contributed by atoms with Crippen LogP contribution in [0.5, 0.6) is 0 Å². The third-order valence-electron chi connectivity index (χ3n) is 3.06. The molecule has 0 heterocycles. The molecule has 98 valence electrons. The Balaban J connectivity index is 3.27. The quantitative estimate of drug-likeness (QED) is 0.532. The average Bonchev–Trinajstić information content (AvgIpc) is 2.26. The number of hydrogen-bond acceptors (Lipinski definition) is 2. The van der Waals surface area contributed by atoms with Crippen molar-refractivity contribution in [3.05, 3.63) is 0 Å². The number of hydrogen-bond donors (Lipinski definition) is 2. The van der Waals surface area contributed by atoms with Crippen LogP contribution in [0.4, 0.5) is 0 Å². The molecule has 0 aromatic carbocycles. The van der Waals surface area contributed by atoms with E-state index >= 15 is 0 Å². The van der Waals surface area contributed by atoms with Gasteiger partial charge in [-0.25, -0.2) is 0 Å². The predicted molar refractivity (Wildman–Crippen MR) is 71.8 cm³/mol. The summed E-state index contributed by atoms with van der Waals surface area (Å²) in [5.74, 6) is 0. The standard InChI is InChI=1S/C14H31NO/c1-4-6-7-8-9-11-13(3)15-12-14(16)10-5-2/h13-16H,4-12H2,1-3H3. The van der Waals surface area contributed by atoms with Gasteiger partial charge in [-0.3, -0.25) is 0 Å². The Morgan fingerprint density at radius 1 is 0.938 bits per heavy atom. The lowest BCUT2D eigenvalue weighted by atomic mass is 10.1. The van der Waals surface area contributed by atoms with Crippen LogP contribution in [0.25, 0.3) is 0 Å². The van der Waals surface area contributed by atoms with Gasteiger partial charge in [0.2, 0.25) is 0 Å². The second kappa shape index (κ2) is 11.4. The van der Waals surface area contributed by atoms with Crippen LogP contribution in [-0.4, -0.2) is 23.8 Å². The molecule has 0 saturated carbocycles. The topological polar surface area (TPSA) is 32.3 Å². The molecule has 2 atom stereocenters. The summed E-state index contributed by atoms with van der Waals surface area (Å²) in [5.41, 5.74) is 0. The second-order valence-corrected chi connectivity index (χ2v) is 4.95. The maximum absolute atomic E-state index is 9.58. The van der Waals surface area contributed by atoms with Crippen molar-refractivity contribution in [2.75, 3.05) is 6.54 Å². The molecule has 0 saturated heterocycles. The highest BCUT2D eigenvalue weighted by molar-refractivity contribution is 4.65. The molecule has 0 fully saturated rings. The first-order chi connectivity index (χ1) is 7.70. The van der Waals surface area contributed by atoms with E-state index in [1.807, 2.05) is 0 Å². The maximum atomic E-state index is 9.58. The van der Waals surface area contributed by atoms with Crippen molar-refractivity contribution in [1.29, 1.82) is 0 Å². The van der Waals surface area contributed by atoms with Crippen LogP contribution in [0.3, 0.4) is 0 Å². The Morgan fingerprint density at radius 3 is 2.25 bits per heavy atom. The van der Waals surface area contributed by atoms with E-state index in [1.54, 1.807) is 0 Å². The molecular weight excluding hydrogens is 198 g/mol. The van der Waals surface area contributed by atoms with Gasteiger partial charge in [-0.05, 0) is 19.8 Å². The lowest BCUT2D eigenvalue weighted by Gasteiger charge is -2.16. The minimum Gasteiger partial charge on any atom is -0.392 e. The molecule has 0 spiro atoms. The van der Waals surface area contributed by atoms with Gasteiger partial charge in [-0.2, -0.15) is 0 Å². The normalized spacial score (nSPS) is 15.0. The van der Waals surface area contributed by atoms with Crippen LogP contribution in [-0.2, 0) is 0 Å². The van der Waals surface area contributed by atoms with Gasteiger partial charge in [0.25, 0.3) is 0 Å². The van der Waals surface area contributed by atoms with E-state index in [0.717, 1.165) is 19.4 Å². The van der Waals surface area contributed by atoms with E-state index in [4.69, 9.17) is 0 Å². The minimum absolute atomic E-state index is 0.160. The van der Waals surface area contributed by atoms with Crippen LogP contribution in [0.1, 0.15) is 72.1 Å². The molecule has 0 aliphatic heterocycles. The molecule has 2 heteroatoms. The largest absolute Gasteiger partial charge is 0.392 e. The van der Waals surface area contributed by atoms with E-state index in [9.17, 15) is 5.11 Å². The van der Waals surface area contributed by atoms with E-state index in [0.29, 0.717) is 6.04 Å². The van der Waals surface area contributed by atoms with E-state index < -0.39 is 0 Å². The molecule has 2 unspecified atom stereocenters. The van der Waals surface area contributed by atoms with Gasteiger partial charge in [-0.1, -0.05) is 52.4 Å². The summed E-state index contributed by atoms with van der Waals surface area (Å²) in [7, 11) is 0. The predicted octanol–water partition coefficient (Wildman–Crippen LogP) is 3.49. The third-order valence-corrected chi connectivity index (χ3v) is 3.06. The molecule has 0 aliphatic rings. The fourth-order valence-electron chi connectivity index (χ4n) is 1.93. The molecule has 0 aromatic rings. The van der Waals surface area contributed by atoms with E-state index in [2.05, 4.69) is 26.1 Å². The van der Waals surface area contributed by atoms with Crippen LogP contribution < -0.4 is 5.32 Å². The molecule has 16 heavy (non-hydrogen) atoms. The van der Waals surface area contributed by atoms with Gasteiger partial charge >= 0.3 is 0 Å². The Bertz CT molecular complexity index is 139. The van der Waals surface area contributed by atoms with Crippen LogP contribution in [0.2, 0.25) is 0 Å². The number of nitrogens with one attached hydrogen (secondary N) is 1. The molecule has 2 N–H and O–H groups in total. The zero-order valence-corrected chi connectivity index (χ0v) is 11.5. The van der Waals surface area contributed by atoms with Gasteiger partial charge in [0, 0.05) is 12.6 Å². The summed E-state index contributed by atoms with van der Waals surface area (Å²) in [6.45, 7) is 7.34. The summed E-state index contributed by atoms with van der Waals surface area (Å²) in [4.78, 5) is 0. The first kappa shape index (κ1) is 15.9. The Hall–Kier alpha value is -0.0800. The smallest absolute Gasteiger partial charge is 0.0664 e. The Kier molecular flexibility index (Phi) is 11.3. The number of aliphatic hydroxyl groups is 1. The van der Waals surface area contributed by atoms with E-state index in [-0.39, 0.29) is 6.10 Å².